The van der Waals surface area contributed by atoms with Gasteiger partial charge in [-0.25, -0.2) is 8.78 Å². The van der Waals surface area contributed by atoms with Gasteiger partial charge in [-0.3, -0.25) is 4.79 Å². The molecule has 0 saturated heterocycles. The summed E-state index contributed by atoms with van der Waals surface area (Å²) in [5, 5.41) is 0.151. The van der Waals surface area contributed by atoms with Gasteiger partial charge in [-0.1, -0.05) is 35.9 Å². The fourth-order valence-corrected chi connectivity index (χ4v) is 2.09. The largest absolute Gasteiger partial charge is 0.300 e. The molecule has 2 aromatic carbocycles. The van der Waals surface area contributed by atoms with Crippen LogP contribution >= 0.6 is 11.6 Å². The standard InChI is InChI=1S/C15H11ClF2O/c1-9(19)6-10-2-4-11(5-3-10)12-7-14(17)15(18)8-13(12)16/h2-5,7-8H,6H2,1H3. The maximum absolute atomic E-state index is 13.2. The van der Waals surface area contributed by atoms with Crippen molar-refractivity contribution in [2.45, 2.75) is 13.3 Å². The van der Waals surface area contributed by atoms with Gasteiger partial charge in [-0.2, -0.15) is 0 Å². The number of Topliss-reactive ketones (excluding diaryl/α,β-unsaturated/α-hetero) is 1. The van der Waals surface area contributed by atoms with Crippen molar-refractivity contribution in [1.82, 2.24) is 0 Å². The van der Waals surface area contributed by atoms with Gasteiger partial charge in [0.15, 0.2) is 11.6 Å². The molecule has 0 N–H and O–H groups in total. The normalized spacial score (nSPS) is 10.5. The van der Waals surface area contributed by atoms with E-state index in [1.807, 2.05) is 0 Å². The van der Waals surface area contributed by atoms with Gasteiger partial charge in [0.25, 0.3) is 0 Å². The quantitative estimate of drug-likeness (QED) is 0.761. The number of hydrogen-bond donors (Lipinski definition) is 0. The first-order valence-corrected chi connectivity index (χ1v) is 6.08. The second kappa shape index (κ2) is 5.49. The lowest BCUT2D eigenvalue weighted by Crippen LogP contribution is -1.95. The Morgan fingerprint density at radius 2 is 1.68 bits per heavy atom. The fourth-order valence-electron chi connectivity index (χ4n) is 1.83. The van der Waals surface area contributed by atoms with Gasteiger partial charge in [-0.15, -0.1) is 0 Å². The molecular weight excluding hydrogens is 270 g/mol. The average Bonchev–Trinajstić information content (AvgIpc) is 2.34. The van der Waals surface area contributed by atoms with Crippen molar-refractivity contribution >= 4 is 17.4 Å². The number of halogens is 3. The fraction of sp³-hybridized carbons (Fsp3) is 0.133. The van der Waals surface area contributed by atoms with Crippen LogP contribution in [-0.2, 0) is 11.2 Å². The molecule has 0 aliphatic carbocycles. The van der Waals surface area contributed by atoms with Crippen molar-refractivity contribution in [3.05, 3.63) is 58.6 Å². The molecule has 98 valence electrons. The van der Waals surface area contributed by atoms with E-state index in [9.17, 15) is 13.6 Å². The van der Waals surface area contributed by atoms with E-state index in [1.165, 1.54) is 6.92 Å². The maximum atomic E-state index is 13.2. The minimum atomic E-state index is -0.970. The van der Waals surface area contributed by atoms with Crippen LogP contribution in [0.3, 0.4) is 0 Å². The van der Waals surface area contributed by atoms with Crippen molar-refractivity contribution in [3.8, 4) is 11.1 Å². The summed E-state index contributed by atoms with van der Waals surface area (Å²) in [6.45, 7) is 1.51. The Bertz CT molecular complexity index is 621. The summed E-state index contributed by atoms with van der Waals surface area (Å²) in [4.78, 5) is 11.0. The van der Waals surface area contributed by atoms with Crippen LogP contribution in [0.2, 0.25) is 5.02 Å². The predicted octanol–water partition coefficient (Wildman–Crippen LogP) is 4.42. The van der Waals surface area contributed by atoms with Crippen LogP contribution in [0.5, 0.6) is 0 Å². The molecule has 2 rings (SSSR count). The van der Waals surface area contributed by atoms with Gasteiger partial charge in [0.05, 0.1) is 5.02 Å². The number of hydrogen-bond acceptors (Lipinski definition) is 1. The van der Waals surface area contributed by atoms with Crippen molar-refractivity contribution in [2.75, 3.05) is 0 Å². The predicted molar refractivity (Wildman–Crippen MR) is 71.2 cm³/mol. The second-order valence-electron chi connectivity index (χ2n) is 4.32. The molecule has 0 aromatic heterocycles. The van der Waals surface area contributed by atoms with E-state index in [-0.39, 0.29) is 10.8 Å². The van der Waals surface area contributed by atoms with E-state index in [0.29, 0.717) is 17.5 Å². The third-order valence-corrected chi connectivity index (χ3v) is 3.04. The lowest BCUT2D eigenvalue weighted by Gasteiger charge is -2.06. The summed E-state index contributed by atoms with van der Waals surface area (Å²) in [7, 11) is 0. The summed E-state index contributed by atoms with van der Waals surface area (Å²) in [5.41, 5.74) is 1.97. The first-order valence-electron chi connectivity index (χ1n) is 5.70. The topological polar surface area (TPSA) is 17.1 Å². The van der Waals surface area contributed by atoms with Gasteiger partial charge >= 0.3 is 0 Å². The third-order valence-electron chi connectivity index (χ3n) is 2.73. The molecule has 0 amide bonds. The molecular formula is C15H11ClF2O. The molecule has 0 unspecified atom stereocenters. The molecule has 0 spiro atoms. The van der Waals surface area contributed by atoms with E-state index in [2.05, 4.69) is 0 Å². The average molecular weight is 281 g/mol. The maximum Gasteiger partial charge on any atom is 0.160 e. The van der Waals surface area contributed by atoms with Crippen molar-refractivity contribution in [1.29, 1.82) is 0 Å². The van der Waals surface area contributed by atoms with E-state index >= 15 is 0 Å². The monoisotopic (exact) mass is 280 g/mol. The number of carbonyl (C=O) groups excluding carboxylic acids is 1. The molecule has 0 radical (unpaired) electrons. The van der Waals surface area contributed by atoms with Crippen LogP contribution < -0.4 is 0 Å². The Kier molecular flexibility index (Phi) is 3.96. The highest BCUT2D eigenvalue weighted by Gasteiger charge is 2.10. The van der Waals surface area contributed by atoms with E-state index < -0.39 is 11.6 Å². The summed E-state index contributed by atoms with van der Waals surface area (Å²) in [6, 6.07) is 9.03. The van der Waals surface area contributed by atoms with Crippen molar-refractivity contribution in [3.63, 3.8) is 0 Å². The molecule has 0 aliphatic heterocycles. The van der Waals surface area contributed by atoms with Gasteiger partial charge < -0.3 is 0 Å². The molecule has 1 nitrogen and oxygen atoms in total. The Hall–Kier alpha value is -1.74. The second-order valence-corrected chi connectivity index (χ2v) is 4.73. The number of carbonyl (C=O) groups is 1. The highest BCUT2D eigenvalue weighted by molar-refractivity contribution is 6.33. The Morgan fingerprint density at radius 3 is 2.26 bits per heavy atom. The third kappa shape index (κ3) is 3.18. The number of ketones is 1. The number of benzene rings is 2. The molecule has 0 saturated carbocycles. The van der Waals surface area contributed by atoms with Gasteiger partial charge in [0.1, 0.15) is 5.78 Å². The molecule has 0 fully saturated rings. The molecule has 0 aliphatic rings. The summed E-state index contributed by atoms with van der Waals surface area (Å²) in [6.07, 6.45) is 0.353. The van der Waals surface area contributed by atoms with E-state index in [0.717, 1.165) is 17.7 Å². The van der Waals surface area contributed by atoms with Crippen LogP contribution in [0.4, 0.5) is 8.78 Å². The SMILES string of the molecule is CC(=O)Cc1ccc(-c2cc(F)c(F)cc2Cl)cc1. The summed E-state index contributed by atoms with van der Waals surface area (Å²) < 4.78 is 26.2. The molecule has 0 atom stereocenters. The van der Waals surface area contributed by atoms with Crippen LogP contribution in [0, 0.1) is 11.6 Å². The first-order chi connectivity index (χ1) is 8.97. The highest BCUT2D eigenvalue weighted by atomic mass is 35.5. The van der Waals surface area contributed by atoms with Crippen molar-refractivity contribution < 1.29 is 13.6 Å². The zero-order valence-electron chi connectivity index (χ0n) is 10.2. The highest BCUT2D eigenvalue weighted by Crippen LogP contribution is 2.30. The lowest BCUT2D eigenvalue weighted by atomic mass is 10.0. The van der Waals surface area contributed by atoms with Crippen LogP contribution in [0.1, 0.15) is 12.5 Å². The minimum absolute atomic E-state index is 0.0682. The zero-order chi connectivity index (χ0) is 14.0. The Labute approximate surface area is 114 Å². The lowest BCUT2D eigenvalue weighted by molar-refractivity contribution is -0.116. The van der Waals surface area contributed by atoms with Gasteiger partial charge in [0, 0.05) is 12.0 Å². The minimum Gasteiger partial charge on any atom is -0.300 e. The Morgan fingerprint density at radius 1 is 1.11 bits per heavy atom. The van der Waals surface area contributed by atoms with Crippen LogP contribution in [0.25, 0.3) is 11.1 Å². The van der Waals surface area contributed by atoms with Gasteiger partial charge in [0.2, 0.25) is 0 Å². The van der Waals surface area contributed by atoms with Crippen molar-refractivity contribution in [2.24, 2.45) is 0 Å². The van der Waals surface area contributed by atoms with Crippen LogP contribution in [-0.4, -0.2) is 5.78 Å². The smallest absolute Gasteiger partial charge is 0.160 e. The molecule has 19 heavy (non-hydrogen) atoms. The molecule has 0 bridgehead atoms. The van der Waals surface area contributed by atoms with Gasteiger partial charge in [-0.05, 0) is 30.2 Å². The molecule has 0 heterocycles. The van der Waals surface area contributed by atoms with E-state index in [4.69, 9.17) is 11.6 Å². The summed E-state index contributed by atoms with van der Waals surface area (Å²) >= 11 is 5.90. The molecule has 2 aromatic rings. The Balaban J connectivity index is 2.37. The summed E-state index contributed by atoms with van der Waals surface area (Å²) in [5.74, 6) is -1.84. The number of rotatable bonds is 3. The molecule has 4 heteroatoms. The zero-order valence-corrected chi connectivity index (χ0v) is 11.0. The van der Waals surface area contributed by atoms with Crippen LogP contribution in [0.15, 0.2) is 36.4 Å². The van der Waals surface area contributed by atoms with E-state index in [1.54, 1.807) is 24.3 Å². The first kappa shape index (κ1) is 13.7.